The molecule has 7 heteroatoms. The zero-order valence-corrected chi connectivity index (χ0v) is 20.0. The van der Waals surface area contributed by atoms with E-state index >= 15 is 0 Å². The number of alkyl carbamates (subject to hydrolysis) is 1. The van der Waals surface area contributed by atoms with E-state index in [1.165, 1.54) is 22.3 Å². The average molecular weight is 477 g/mol. The van der Waals surface area contributed by atoms with Gasteiger partial charge in [0.15, 0.2) is 0 Å². The van der Waals surface area contributed by atoms with Crippen LogP contribution in [0.5, 0.6) is 0 Å². The Bertz CT molecular complexity index is 1080. The first kappa shape index (κ1) is 23.4. The van der Waals surface area contributed by atoms with Gasteiger partial charge in [-0.3, -0.25) is 9.59 Å². The predicted molar refractivity (Wildman–Crippen MR) is 131 cm³/mol. The minimum absolute atomic E-state index is 0.0148. The lowest BCUT2D eigenvalue weighted by atomic mass is 9.85. The third-order valence-electron chi connectivity index (χ3n) is 7.98. The van der Waals surface area contributed by atoms with Crippen molar-refractivity contribution in [3.05, 3.63) is 59.7 Å². The molecule has 2 aromatic carbocycles. The SMILES string of the molecule is C[C@@H]1CN(C(=O)C2CCC(NC(=O)OCC3c4ccccc4-c4ccccc43)CC2)C[C@H]1C(=O)O. The highest BCUT2D eigenvalue weighted by Crippen LogP contribution is 2.44. The highest BCUT2D eigenvalue weighted by atomic mass is 16.5. The largest absolute Gasteiger partial charge is 0.481 e. The van der Waals surface area contributed by atoms with E-state index in [-0.39, 0.29) is 36.3 Å². The molecule has 0 radical (unpaired) electrons. The number of benzene rings is 2. The lowest BCUT2D eigenvalue weighted by molar-refractivity contribution is -0.142. The molecule has 2 aliphatic carbocycles. The zero-order chi connectivity index (χ0) is 24.5. The summed E-state index contributed by atoms with van der Waals surface area (Å²) in [6.07, 6.45) is 2.39. The van der Waals surface area contributed by atoms with E-state index in [1.54, 1.807) is 4.90 Å². The summed E-state index contributed by atoms with van der Waals surface area (Å²) in [5.41, 5.74) is 4.76. The van der Waals surface area contributed by atoms with Crippen LogP contribution in [0.15, 0.2) is 48.5 Å². The molecule has 1 heterocycles. The number of hydrogen-bond acceptors (Lipinski definition) is 4. The molecule has 7 nitrogen and oxygen atoms in total. The van der Waals surface area contributed by atoms with Crippen LogP contribution in [-0.2, 0) is 14.3 Å². The van der Waals surface area contributed by atoms with Crippen molar-refractivity contribution in [1.82, 2.24) is 10.2 Å². The van der Waals surface area contributed by atoms with E-state index in [0.717, 1.165) is 0 Å². The second-order valence-electron chi connectivity index (χ2n) is 10.2. The van der Waals surface area contributed by atoms with Crippen molar-refractivity contribution in [2.45, 2.75) is 44.6 Å². The topological polar surface area (TPSA) is 95.9 Å². The lowest BCUT2D eigenvalue weighted by Crippen LogP contribution is -2.42. The number of aliphatic carboxylic acids is 1. The summed E-state index contributed by atoms with van der Waals surface area (Å²) in [5, 5.41) is 12.3. The zero-order valence-electron chi connectivity index (χ0n) is 20.0. The Morgan fingerprint density at radius 2 is 1.54 bits per heavy atom. The highest BCUT2D eigenvalue weighted by molar-refractivity contribution is 5.81. The van der Waals surface area contributed by atoms with Gasteiger partial charge >= 0.3 is 12.1 Å². The van der Waals surface area contributed by atoms with Crippen LogP contribution < -0.4 is 5.32 Å². The van der Waals surface area contributed by atoms with E-state index in [0.29, 0.717) is 38.8 Å². The molecule has 1 aliphatic heterocycles. The number of nitrogens with one attached hydrogen (secondary N) is 1. The standard InChI is InChI=1S/C28H32N2O5/c1-17-14-30(15-24(17)27(32)33)26(31)18-10-12-19(13-11-18)29-28(34)35-16-25-22-8-4-2-6-20(22)21-7-3-5-9-23(21)25/h2-9,17-19,24-25H,10-16H2,1H3,(H,29,34)(H,32,33)/t17-,18?,19?,24-/m1/s1. The van der Waals surface area contributed by atoms with Crippen LogP contribution >= 0.6 is 0 Å². The predicted octanol–water partition coefficient (Wildman–Crippen LogP) is 4.26. The van der Waals surface area contributed by atoms with Gasteiger partial charge in [0, 0.05) is 31.0 Å². The Kier molecular flexibility index (Phi) is 6.50. The Hall–Kier alpha value is -3.35. The molecule has 1 saturated heterocycles. The number of ether oxygens (including phenoxy) is 1. The number of hydrogen-bond donors (Lipinski definition) is 2. The summed E-state index contributed by atoms with van der Waals surface area (Å²) in [6, 6.07) is 16.5. The van der Waals surface area contributed by atoms with Crippen molar-refractivity contribution in [3.8, 4) is 11.1 Å². The van der Waals surface area contributed by atoms with Crippen LogP contribution in [0.4, 0.5) is 4.79 Å². The fourth-order valence-electron chi connectivity index (χ4n) is 6.02. The molecule has 3 aliphatic rings. The number of rotatable bonds is 5. The molecule has 5 rings (SSSR count). The molecular weight excluding hydrogens is 444 g/mol. The maximum Gasteiger partial charge on any atom is 0.407 e. The van der Waals surface area contributed by atoms with E-state index in [4.69, 9.17) is 4.74 Å². The lowest BCUT2D eigenvalue weighted by Gasteiger charge is -2.30. The number of nitrogens with zero attached hydrogens (tertiary/aromatic N) is 1. The number of carbonyl (C=O) groups is 3. The summed E-state index contributed by atoms with van der Waals surface area (Å²) in [4.78, 5) is 38.6. The van der Waals surface area contributed by atoms with Crippen molar-refractivity contribution in [3.63, 3.8) is 0 Å². The quantitative estimate of drug-likeness (QED) is 0.672. The highest BCUT2D eigenvalue weighted by Gasteiger charge is 2.40. The number of amides is 2. The van der Waals surface area contributed by atoms with Crippen molar-refractivity contribution in [2.75, 3.05) is 19.7 Å². The second kappa shape index (κ2) is 9.72. The van der Waals surface area contributed by atoms with E-state index in [1.807, 2.05) is 31.2 Å². The Morgan fingerprint density at radius 1 is 0.943 bits per heavy atom. The fourth-order valence-corrected chi connectivity index (χ4v) is 6.02. The van der Waals surface area contributed by atoms with E-state index in [2.05, 4.69) is 29.6 Å². The van der Waals surface area contributed by atoms with Crippen LogP contribution in [0.3, 0.4) is 0 Å². The maximum atomic E-state index is 12.9. The minimum atomic E-state index is -0.830. The van der Waals surface area contributed by atoms with Crippen LogP contribution in [0.2, 0.25) is 0 Å². The summed E-state index contributed by atoms with van der Waals surface area (Å²) in [7, 11) is 0. The van der Waals surface area contributed by atoms with Gasteiger partial charge < -0.3 is 20.1 Å². The van der Waals surface area contributed by atoms with Crippen molar-refractivity contribution < 1.29 is 24.2 Å². The van der Waals surface area contributed by atoms with Crippen molar-refractivity contribution in [2.24, 2.45) is 17.8 Å². The molecule has 2 atom stereocenters. The Labute approximate surface area is 205 Å². The minimum Gasteiger partial charge on any atom is -0.481 e. The Balaban J connectivity index is 1.11. The van der Waals surface area contributed by atoms with Crippen LogP contribution in [-0.4, -0.2) is 53.7 Å². The first-order chi connectivity index (χ1) is 16.9. The monoisotopic (exact) mass is 476 g/mol. The molecule has 2 N–H and O–H groups in total. The number of likely N-dealkylation sites (tertiary alicyclic amines) is 1. The summed E-state index contributed by atoms with van der Waals surface area (Å²) in [6.45, 7) is 2.98. The summed E-state index contributed by atoms with van der Waals surface area (Å²) >= 11 is 0. The normalized spacial score (nSPS) is 25.6. The first-order valence-electron chi connectivity index (χ1n) is 12.6. The first-order valence-corrected chi connectivity index (χ1v) is 12.6. The fraction of sp³-hybridized carbons (Fsp3) is 0.464. The molecule has 0 unspecified atom stereocenters. The Morgan fingerprint density at radius 3 is 2.11 bits per heavy atom. The van der Waals surface area contributed by atoms with Gasteiger partial charge in [-0.15, -0.1) is 0 Å². The van der Waals surface area contributed by atoms with Gasteiger partial charge in [-0.1, -0.05) is 55.5 Å². The number of carboxylic acid groups (broad SMARTS) is 1. The van der Waals surface area contributed by atoms with Gasteiger partial charge in [-0.2, -0.15) is 0 Å². The van der Waals surface area contributed by atoms with Crippen LogP contribution in [0, 0.1) is 17.8 Å². The third-order valence-corrected chi connectivity index (χ3v) is 7.98. The molecule has 1 saturated carbocycles. The second-order valence-corrected chi connectivity index (χ2v) is 10.2. The number of carbonyl (C=O) groups excluding carboxylic acids is 2. The van der Waals surface area contributed by atoms with Crippen molar-refractivity contribution in [1.29, 1.82) is 0 Å². The van der Waals surface area contributed by atoms with E-state index < -0.39 is 18.0 Å². The van der Waals surface area contributed by atoms with Gasteiger partial charge in [0.25, 0.3) is 0 Å². The van der Waals surface area contributed by atoms with Crippen LogP contribution in [0.1, 0.15) is 49.7 Å². The van der Waals surface area contributed by atoms with Crippen molar-refractivity contribution >= 4 is 18.0 Å². The number of fused-ring (bicyclic) bond motifs is 3. The molecular formula is C28H32N2O5. The summed E-state index contributed by atoms with van der Waals surface area (Å²) in [5.74, 6) is -1.35. The smallest absolute Gasteiger partial charge is 0.407 e. The van der Waals surface area contributed by atoms with Gasteiger partial charge in [0.05, 0.1) is 5.92 Å². The molecule has 184 valence electrons. The molecule has 35 heavy (non-hydrogen) atoms. The molecule has 0 bridgehead atoms. The third kappa shape index (κ3) is 4.64. The molecule has 2 amide bonds. The number of carboxylic acids is 1. The molecule has 0 spiro atoms. The molecule has 2 fully saturated rings. The van der Waals surface area contributed by atoms with Crippen LogP contribution in [0.25, 0.3) is 11.1 Å². The maximum absolute atomic E-state index is 12.9. The van der Waals surface area contributed by atoms with Gasteiger partial charge in [0.2, 0.25) is 5.91 Å². The van der Waals surface area contributed by atoms with Gasteiger partial charge in [-0.05, 0) is 53.9 Å². The molecule has 2 aromatic rings. The van der Waals surface area contributed by atoms with E-state index in [9.17, 15) is 19.5 Å². The molecule has 0 aromatic heterocycles. The average Bonchev–Trinajstić information content (AvgIpc) is 3.41. The van der Waals surface area contributed by atoms with Gasteiger partial charge in [-0.25, -0.2) is 4.79 Å². The van der Waals surface area contributed by atoms with Gasteiger partial charge in [0.1, 0.15) is 6.61 Å². The summed E-state index contributed by atoms with van der Waals surface area (Å²) < 4.78 is 5.66.